The second-order valence-corrected chi connectivity index (χ2v) is 5.35. The monoisotopic (exact) mass is 244 g/mol. The van der Waals surface area contributed by atoms with Crippen molar-refractivity contribution in [2.24, 2.45) is 0 Å². The predicted molar refractivity (Wildman–Crippen MR) is 75.9 cm³/mol. The summed E-state index contributed by atoms with van der Waals surface area (Å²) < 4.78 is 0. The average molecular weight is 244 g/mol. The molecule has 0 amide bonds. The maximum Gasteiger partial charge on any atom is 0.0789 e. The highest BCUT2D eigenvalue weighted by Gasteiger charge is 2.22. The van der Waals surface area contributed by atoms with Crippen molar-refractivity contribution in [2.45, 2.75) is 39.3 Å². The number of hydrogen-bond donors (Lipinski definition) is 2. The molecule has 96 valence electrons. The first-order chi connectivity index (χ1) is 8.39. The minimum absolute atomic E-state index is 0.0383. The smallest absolute Gasteiger partial charge is 0.0789 e. The van der Waals surface area contributed by atoms with Crippen LogP contribution in [-0.2, 0) is 0 Å². The van der Waals surface area contributed by atoms with Crippen LogP contribution < -0.4 is 5.32 Å². The molecule has 1 aromatic heterocycles. The molecule has 1 aromatic carbocycles. The summed E-state index contributed by atoms with van der Waals surface area (Å²) in [5.74, 6) is 0. The van der Waals surface area contributed by atoms with Gasteiger partial charge in [0.15, 0.2) is 0 Å². The lowest BCUT2D eigenvalue weighted by Gasteiger charge is -2.28. The molecular weight excluding hydrogens is 224 g/mol. The third-order valence-electron chi connectivity index (χ3n) is 3.40. The van der Waals surface area contributed by atoms with E-state index in [2.05, 4.69) is 29.4 Å². The van der Waals surface area contributed by atoms with E-state index in [0.717, 1.165) is 22.2 Å². The zero-order chi connectivity index (χ0) is 13.3. The van der Waals surface area contributed by atoms with Crippen molar-refractivity contribution in [3.05, 3.63) is 36.0 Å². The van der Waals surface area contributed by atoms with Gasteiger partial charge in [0.05, 0.1) is 17.2 Å². The number of fused-ring (bicyclic) bond motifs is 1. The van der Waals surface area contributed by atoms with E-state index in [4.69, 9.17) is 0 Å². The second kappa shape index (κ2) is 4.58. The van der Waals surface area contributed by atoms with Crippen LogP contribution >= 0.6 is 0 Å². The number of nitrogens with zero attached hydrogens (tertiary/aromatic N) is 1. The van der Waals surface area contributed by atoms with Gasteiger partial charge in [-0.3, -0.25) is 4.98 Å². The average Bonchev–Trinajstić information content (AvgIpc) is 2.32. The quantitative estimate of drug-likeness (QED) is 0.872. The van der Waals surface area contributed by atoms with Crippen LogP contribution in [0.5, 0.6) is 0 Å². The SMILES string of the molecule is Cc1ccc(NC(C)C(C)(C)O)c2cccnc12. The number of hydrogen-bond acceptors (Lipinski definition) is 3. The molecule has 0 fully saturated rings. The van der Waals surface area contributed by atoms with Gasteiger partial charge in [-0.1, -0.05) is 6.07 Å². The summed E-state index contributed by atoms with van der Waals surface area (Å²) in [4.78, 5) is 4.41. The number of pyridine rings is 1. The number of rotatable bonds is 3. The zero-order valence-electron chi connectivity index (χ0n) is 11.4. The molecule has 0 spiro atoms. The summed E-state index contributed by atoms with van der Waals surface area (Å²) in [5.41, 5.74) is 2.41. The molecule has 0 saturated carbocycles. The van der Waals surface area contributed by atoms with Crippen molar-refractivity contribution in [1.29, 1.82) is 0 Å². The highest BCUT2D eigenvalue weighted by Crippen LogP contribution is 2.26. The molecule has 1 unspecified atom stereocenters. The summed E-state index contributed by atoms with van der Waals surface area (Å²) in [7, 11) is 0. The van der Waals surface area contributed by atoms with E-state index in [-0.39, 0.29) is 6.04 Å². The van der Waals surface area contributed by atoms with E-state index < -0.39 is 5.60 Å². The maximum absolute atomic E-state index is 10.00. The summed E-state index contributed by atoms with van der Waals surface area (Å²) >= 11 is 0. The molecule has 18 heavy (non-hydrogen) atoms. The Bertz CT molecular complexity index is 558. The van der Waals surface area contributed by atoms with Gasteiger partial charge in [0.1, 0.15) is 0 Å². The first-order valence-corrected chi connectivity index (χ1v) is 6.23. The second-order valence-electron chi connectivity index (χ2n) is 5.35. The van der Waals surface area contributed by atoms with Gasteiger partial charge >= 0.3 is 0 Å². The van der Waals surface area contributed by atoms with Gasteiger partial charge in [-0.25, -0.2) is 0 Å². The van der Waals surface area contributed by atoms with E-state index >= 15 is 0 Å². The fraction of sp³-hybridized carbons (Fsp3) is 0.400. The number of aryl methyl sites for hydroxylation is 1. The fourth-order valence-corrected chi connectivity index (χ4v) is 1.85. The largest absolute Gasteiger partial charge is 0.388 e. The first kappa shape index (κ1) is 12.8. The van der Waals surface area contributed by atoms with Crippen molar-refractivity contribution < 1.29 is 5.11 Å². The van der Waals surface area contributed by atoms with Gasteiger partial charge < -0.3 is 10.4 Å². The molecule has 3 nitrogen and oxygen atoms in total. The Hall–Kier alpha value is -1.61. The molecule has 0 aliphatic carbocycles. The number of benzene rings is 1. The lowest BCUT2D eigenvalue weighted by atomic mass is 10.00. The molecule has 0 saturated heterocycles. The first-order valence-electron chi connectivity index (χ1n) is 6.23. The topological polar surface area (TPSA) is 45.1 Å². The van der Waals surface area contributed by atoms with Crippen molar-refractivity contribution in [2.75, 3.05) is 5.32 Å². The van der Waals surface area contributed by atoms with Gasteiger partial charge in [0.2, 0.25) is 0 Å². The van der Waals surface area contributed by atoms with Gasteiger partial charge in [0, 0.05) is 17.3 Å². The van der Waals surface area contributed by atoms with Crippen molar-refractivity contribution in [1.82, 2.24) is 4.98 Å². The predicted octanol–water partition coefficient (Wildman–Crippen LogP) is 3.11. The molecule has 1 atom stereocenters. The fourth-order valence-electron chi connectivity index (χ4n) is 1.85. The van der Waals surface area contributed by atoms with E-state index in [1.165, 1.54) is 0 Å². The molecule has 2 rings (SSSR count). The molecule has 2 N–H and O–H groups in total. The number of anilines is 1. The van der Waals surface area contributed by atoms with Crippen LogP contribution in [0, 0.1) is 6.92 Å². The van der Waals surface area contributed by atoms with Gasteiger partial charge in [-0.05, 0) is 51.5 Å². The van der Waals surface area contributed by atoms with Crippen molar-refractivity contribution >= 4 is 16.6 Å². The minimum Gasteiger partial charge on any atom is -0.388 e. The van der Waals surface area contributed by atoms with Crippen molar-refractivity contribution in [3.8, 4) is 0 Å². The Balaban J connectivity index is 2.44. The van der Waals surface area contributed by atoms with Crippen molar-refractivity contribution in [3.63, 3.8) is 0 Å². The Labute approximate surface area is 108 Å². The summed E-state index contributed by atoms with van der Waals surface area (Å²) in [5, 5.41) is 14.4. The van der Waals surface area contributed by atoms with Crippen LogP contribution in [0.2, 0.25) is 0 Å². The van der Waals surface area contributed by atoms with Crippen LogP contribution in [0.25, 0.3) is 10.9 Å². The highest BCUT2D eigenvalue weighted by atomic mass is 16.3. The molecule has 0 bridgehead atoms. The lowest BCUT2D eigenvalue weighted by molar-refractivity contribution is 0.0649. The van der Waals surface area contributed by atoms with Crippen LogP contribution in [-0.4, -0.2) is 21.7 Å². The van der Waals surface area contributed by atoms with E-state index in [1.54, 1.807) is 20.0 Å². The van der Waals surface area contributed by atoms with Gasteiger partial charge in [-0.15, -0.1) is 0 Å². The van der Waals surface area contributed by atoms with Gasteiger partial charge in [-0.2, -0.15) is 0 Å². The van der Waals surface area contributed by atoms with Crippen LogP contribution in [0.15, 0.2) is 30.5 Å². The zero-order valence-corrected chi connectivity index (χ0v) is 11.4. The van der Waals surface area contributed by atoms with Crippen LogP contribution in [0.4, 0.5) is 5.69 Å². The molecular formula is C15H20N2O. The number of nitrogens with one attached hydrogen (secondary N) is 1. The van der Waals surface area contributed by atoms with E-state index in [1.807, 2.05) is 19.1 Å². The van der Waals surface area contributed by atoms with Gasteiger partial charge in [0.25, 0.3) is 0 Å². The van der Waals surface area contributed by atoms with E-state index in [9.17, 15) is 5.11 Å². The van der Waals surface area contributed by atoms with E-state index in [0.29, 0.717) is 0 Å². The molecule has 2 aromatic rings. The lowest BCUT2D eigenvalue weighted by Crippen LogP contribution is -2.39. The Morgan fingerprint density at radius 2 is 2.00 bits per heavy atom. The molecule has 3 heteroatoms. The minimum atomic E-state index is -0.764. The third kappa shape index (κ3) is 2.46. The third-order valence-corrected chi connectivity index (χ3v) is 3.40. The van der Waals surface area contributed by atoms with Crippen LogP contribution in [0.1, 0.15) is 26.3 Å². The van der Waals surface area contributed by atoms with Crippen LogP contribution in [0.3, 0.4) is 0 Å². The highest BCUT2D eigenvalue weighted by molar-refractivity contribution is 5.93. The summed E-state index contributed by atoms with van der Waals surface area (Å²) in [6.45, 7) is 7.64. The number of aliphatic hydroxyl groups is 1. The Kier molecular flexibility index (Phi) is 3.26. The molecule has 0 aliphatic heterocycles. The summed E-state index contributed by atoms with van der Waals surface area (Å²) in [6, 6.07) is 8.04. The normalized spacial score (nSPS) is 13.6. The number of aromatic nitrogens is 1. The maximum atomic E-state index is 10.00. The summed E-state index contributed by atoms with van der Waals surface area (Å²) in [6.07, 6.45) is 1.80. The standard InChI is InChI=1S/C15H20N2O/c1-10-7-8-13(17-11(2)15(3,4)18)12-6-5-9-16-14(10)12/h5-9,11,17-18H,1-4H3. The molecule has 0 aliphatic rings. The molecule has 1 heterocycles. The molecule has 0 radical (unpaired) electrons. The Morgan fingerprint density at radius 1 is 1.28 bits per heavy atom. The Morgan fingerprint density at radius 3 is 2.67 bits per heavy atom.